The maximum absolute atomic E-state index is 13.1. The standard InChI is InChI=1S/C22H19FN6O/c23-17-8-6-16(7-9-17)19-12-20(25-24-19)22(30)28-11-10-18(13-28)29-14-21(26-27-29)15-4-2-1-3-5-15/h1-9,12,14,18H,10-11,13H2,(H,24,25). The van der Waals surface area contributed by atoms with Crippen LogP contribution >= 0.6 is 0 Å². The van der Waals surface area contributed by atoms with E-state index in [2.05, 4.69) is 20.5 Å². The quantitative estimate of drug-likeness (QED) is 0.566. The van der Waals surface area contributed by atoms with E-state index in [1.165, 1.54) is 12.1 Å². The number of carbonyl (C=O) groups excluding carboxylic acids is 1. The zero-order valence-electron chi connectivity index (χ0n) is 16.1. The molecule has 1 unspecified atom stereocenters. The van der Waals surface area contributed by atoms with Gasteiger partial charge in [-0.25, -0.2) is 9.07 Å². The first kappa shape index (κ1) is 18.2. The van der Waals surface area contributed by atoms with Gasteiger partial charge in [-0.1, -0.05) is 35.5 Å². The number of amides is 1. The third-order valence-electron chi connectivity index (χ3n) is 5.35. The molecule has 1 aliphatic rings. The second-order valence-electron chi connectivity index (χ2n) is 7.32. The summed E-state index contributed by atoms with van der Waals surface area (Å²) in [6, 6.07) is 17.7. The van der Waals surface area contributed by atoms with Crippen molar-refractivity contribution in [1.29, 1.82) is 0 Å². The number of halogens is 1. The number of nitrogens with zero attached hydrogens (tertiary/aromatic N) is 5. The molecule has 1 aliphatic heterocycles. The molecular formula is C22H19FN6O. The second-order valence-corrected chi connectivity index (χ2v) is 7.32. The van der Waals surface area contributed by atoms with Gasteiger partial charge in [0, 0.05) is 24.2 Å². The van der Waals surface area contributed by atoms with Crippen LogP contribution in [0.4, 0.5) is 4.39 Å². The number of carbonyl (C=O) groups is 1. The van der Waals surface area contributed by atoms with Crippen LogP contribution in [0.2, 0.25) is 0 Å². The first-order valence-corrected chi connectivity index (χ1v) is 9.75. The lowest BCUT2D eigenvalue weighted by atomic mass is 10.1. The first-order chi connectivity index (χ1) is 14.7. The van der Waals surface area contributed by atoms with Crippen molar-refractivity contribution in [1.82, 2.24) is 30.1 Å². The number of nitrogens with one attached hydrogen (secondary N) is 1. The van der Waals surface area contributed by atoms with Gasteiger partial charge >= 0.3 is 0 Å². The summed E-state index contributed by atoms with van der Waals surface area (Å²) < 4.78 is 15.0. The Hall–Kier alpha value is -3.81. The fourth-order valence-electron chi connectivity index (χ4n) is 3.71. The molecule has 0 saturated carbocycles. The Bertz CT molecular complexity index is 1170. The highest BCUT2D eigenvalue weighted by Gasteiger charge is 2.30. The van der Waals surface area contributed by atoms with E-state index in [-0.39, 0.29) is 17.8 Å². The van der Waals surface area contributed by atoms with E-state index in [4.69, 9.17) is 0 Å². The third kappa shape index (κ3) is 3.47. The minimum absolute atomic E-state index is 0.0819. The van der Waals surface area contributed by atoms with Crippen molar-refractivity contribution in [3.63, 3.8) is 0 Å². The molecule has 4 aromatic rings. The van der Waals surface area contributed by atoms with Crippen molar-refractivity contribution < 1.29 is 9.18 Å². The van der Waals surface area contributed by atoms with Crippen molar-refractivity contribution in [2.45, 2.75) is 12.5 Å². The lowest BCUT2D eigenvalue weighted by Crippen LogP contribution is -2.29. The summed E-state index contributed by atoms with van der Waals surface area (Å²) in [6.45, 7) is 1.19. The Kier molecular flexibility index (Phi) is 4.59. The zero-order chi connectivity index (χ0) is 20.5. The molecule has 2 aromatic carbocycles. The van der Waals surface area contributed by atoms with E-state index in [1.54, 1.807) is 23.1 Å². The fraction of sp³-hybridized carbons (Fsp3) is 0.182. The van der Waals surface area contributed by atoms with E-state index in [9.17, 15) is 9.18 Å². The molecule has 2 aromatic heterocycles. The van der Waals surface area contributed by atoms with Crippen LogP contribution in [0.5, 0.6) is 0 Å². The van der Waals surface area contributed by atoms with E-state index in [1.807, 2.05) is 41.2 Å². The number of aromatic nitrogens is 5. The van der Waals surface area contributed by atoms with E-state index in [0.29, 0.717) is 24.5 Å². The maximum Gasteiger partial charge on any atom is 0.271 e. The Balaban J connectivity index is 1.28. The van der Waals surface area contributed by atoms with Crippen molar-refractivity contribution in [3.8, 4) is 22.5 Å². The molecule has 0 spiro atoms. The van der Waals surface area contributed by atoms with Gasteiger partial charge in [-0.3, -0.25) is 9.89 Å². The van der Waals surface area contributed by atoms with Crippen molar-refractivity contribution in [2.75, 3.05) is 13.1 Å². The number of benzene rings is 2. The topological polar surface area (TPSA) is 79.7 Å². The van der Waals surface area contributed by atoms with Gasteiger partial charge in [0.15, 0.2) is 0 Å². The van der Waals surface area contributed by atoms with Gasteiger partial charge in [0.25, 0.3) is 5.91 Å². The Morgan fingerprint density at radius 2 is 1.80 bits per heavy atom. The lowest BCUT2D eigenvalue weighted by molar-refractivity contribution is 0.0781. The average Bonchev–Trinajstić information content (AvgIpc) is 3.54. The van der Waals surface area contributed by atoms with Crippen LogP contribution in [0.1, 0.15) is 23.0 Å². The van der Waals surface area contributed by atoms with Gasteiger partial charge in [-0.05, 0) is 36.8 Å². The maximum atomic E-state index is 13.1. The van der Waals surface area contributed by atoms with E-state index >= 15 is 0 Å². The van der Waals surface area contributed by atoms with Gasteiger partial charge < -0.3 is 4.90 Å². The molecule has 1 saturated heterocycles. The highest BCUT2D eigenvalue weighted by Crippen LogP contribution is 2.25. The average molecular weight is 402 g/mol. The molecule has 3 heterocycles. The van der Waals surface area contributed by atoms with Crippen LogP contribution < -0.4 is 0 Å². The monoisotopic (exact) mass is 402 g/mol. The lowest BCUT2D eigenvalue weighted by Gasteiger charge is -2.15. The molecule has 1 N–H and O–H groups in total. The summed E-state index contributed by atoms with van der Waals surface area (Å²) in [5.41, 5.74) is 3.61. The highest BCUT2D eigenvalue weighted by molar-refractivity contribution is 5.93. The van der Waals surface area contributed by atoms with Gasteiger partial charge in [0.1, 0.15) is 17.2 Å². The Labute approximate surface area is 172 Å². The molecule has 0 bridgehead atoms. The summed E-state index contributed by atoms with van der Waals surface area (Å²) in [6.07, 6.45) is 2.74. The molecule has 7 nitrogen and oxygen atoms in total. The molecule has 8 heteroatoms. The molecule has 150 valence electrons. The van der Waals surface area contributed by atoms with Gasteiger partial charge in [0.2, 0.25) is 0 Å². The van der Waals surface area contributed by atoms with Gasteiger partial charge in [-0.15, -0.1) is 5.10 Å². The zero-order valence-corrected chi connectivity index (χ0v) is 16.1. The molecule has 0 radical (unpaired) electrons. The van der Waals surface area contributed by atoms with Crippen molar-refractivity contribution in [3.05, 3.63) is 78.4 Å². The predicted octanol–water partition coefficient (Wildman–Crippen LogP) is 3.56. The molecule has 1 atom stereocenters. The number of hydrogen-bond donors (Lipinski definition) is 1. The number of hydrogen-bond acceptors (Lipinski definition) is 4. The number of rotatable bonds is 4. The van der Waals surface area contributed by atoms with Crippen LogP contribution in [0.15, 0.2) is 66.9 Å². The van der Waals surface area contributed by atoms with Crippen LogP contribution in [0, 0.1) is 5.82 Å². The Morgan fingerprint density at radius 1 is 1.03 bits per heavy atom. The van der Waals surface area contributed by atoms with E-state index in [0.717, 1.165) is 23.2 Å². The van der Waals surface area contributed by atoms with Crippen LogP contribution in [-0.4, -0.2) is 49.1 Å². The first-order valence-electron chi connectivity index (χ1n) is 9.75. The summed E-state index contributed by atoms with van der Waals surface area (Å²) in [7, 11) is 0. The largest absolute Gasteiger partial charge is 0.335 e. The minimum atomic E-state index is -0.308. The molecule has 1 amide bonds. The SMILES string of the molecule is O=C(c1cc(-c2ccc(F)cc2)n[nH]1)N1CCC(n2cc(-c3ccccc3)nn2)C1. The highest BCUT2D eigenvalue weighted by atomic mass is 19.1. The van der Waals surface area contributed by atoms with Crippen LogP contribution in [0.25, 0.3) is 22.5 Å². The molecule has 1 fully saturated rings. The number of H-pyrrole nitrogens is 1. The summed E-state index contributed by atoms with van der Waals surface area (Å²) in [5, 5.41) is 15.5. The van der Waals surface area contributed by atoms with E-state index < -0.39 is 0 Å². The van der Waals surface area contributed by atoms with Crippen LogP contribution in [-0.2, 0) is 0 Å². The summed E-state index contributed by atoms with van der Waals surface area (Å²) in [4.78, 5) is 14.7. The molecular weight excluding hydrogens is 383 g/mol. The predicted molar refractivity (Wildman–Crippen MR) is 109 cm³/mol. The Morgan fingerprint density at radius 3 is 2.60 bits per heavy atom. The normalized spacial score (nSPS) is 16.2. The number of likely N-dealkylation sites (tertiary alicyclic amines) is 1. The van der Waals surface area contributed by atoms with Crippen molar-refractivity contribution >= 4 is 5.91 Å². The summed E-state index contributed by atoms with van der Waals surface area (Å²) in [5.74, 6) is -0.418. The van der Waals surface area contributed by atoms with Crippen molar-refractivity contribution in [2.24, 2.45) is 0 Å². The second kappa shape index (κ2) is 7.55. The molecule has 5 rings (SSSR count). The van der Waals surface area contributed by atoms with Gasteiger partial charge in [-0.2, -0.15) is 5.10 Å². The fourth-order valence-corrected chi connectivity index (χ4v) is 3.71. The van der Waals surface area contributed by atoms with Crippen LogP contribution in [0.3, 0.4) is 0 Å². The molecule has 30 heavy (non-hydrogen) atoms. The minimum Gasteiger partial charge on any atom is -0.335 e. The summed E-state index contributed by atoms with van der Waals surface area (Å²) >= 11 is 0. The molecule has 0 aliphatic carbocycles. The van der Waals surface area contributed by atoms with Gasteiger partial charge in [0.05, 0.1) is 17.9 Å². The number of aromatic amines is 1. The smallest absolute Gasteiger partial charge is 0.271 e. The third-order valence-corrected chi connectivity index (χ3v) is 5.35.